The van der Waals surface area contributed by atoms with Crippen LogP contribution in [-0.4, -0.2) is 31.5 Å². The van der Waals surface area contributed by atoms with E-state index in [4.69, 9.17) is 22.4 Å². The van der Waals surface area contributed by atoms with Gasteiger partial charge in [-0.3, -0.25) is 4.79 Å². The van der Waals surface area contributed by atoms with Crippen molar-refractivity contribution >= 4 is 56.5 Å². The molecule has 2 aromatic heterocycles. The van der Waals surface area contributed by atoms with E-state index in [2.05, 4.69) is 34.6 Å². The number of aryl methyl sites for hydroxylation is 1. The number of nitrogens with two attached hydrogens (primary N) is 1. The van der Waals surface area contributed by atoms with Crippen LogP contribution in [0, 0.1) is 6.92 Å². The van der Waals surface area contributed by atoms with Crippen LogP contribution in [0.2, 0.25) is 5.02 Å². The normalized spacial score (nSPS) is 11.1. The summed E-state index contributed by atoms with van der Waals surface area (Å²) in [7, 11) is 0. The fourth-order valence-corrected chi connectivity index (χ4v) is 5.20. The molecule has 10 heteroatoms. The lowest BCUT2D eigenvalue weighted by Gasteiger charge is -2.06. The number of benzene rings is 3. The van der Waals surface area contributed by atoms with Gasteiger partial charge in [0, 0.05) is 21.8 Å². The van der Waals surface area contributed by atoms with Crippen molar-refractivity contribution < 1.29 is 4.79 Å². The van der Waals surface area contributed by atoms with E-state index in [9.17, 15) is 4.79 Å². The third kappa shape index (κ3) is 4.77. The maximum Gasteiger partial charge on any atom is 0.234 e. The Labute approximate surface area is 209 Å². The molecule has 0 spiro atoms. The molecule has 0 saturated carbocycles. The second kappa shape index (κ2) is 9.46. The Bertz CT molecular complexity index is 1480. The van der Waals surface area contributed by atoms with E-state index in [0.717, 1.165) is 26.4 Å². The Kier molecular flexibility index (Phi) is 6.23. The van der Waals surface area contributed by atoms with E-state index in [1.807, 2.05) is 42.5 Å². The Morgan fingerprint density at radius 3 is 2.56 bits per heavy atom. The number of fused-ring (bicyclic) bond motifs is 1. The molecule has 5 aromatic rings. The minimum atomic E-state index is -0.163. The highest BCUT2D eigenvalue weighted by atomic mass is 35.5. The lowest BCUT2D eigenvalue weighted by molar-refractivity contribution is -0.113. The molecule has 0 bridgehead atoms. The van der Waals surface area contributed by atoms with E-state index < -0.39 is 0 Å². The van der Waals surface area contributed by atoms with E-state index in [1.54, 1.807) is 23.5 Å². The SMILES string of the molecule is Cc1ccc2nc(-c3ccc(NC(=O)CSc4nnc(-c5ccc(Cl)cc5)n4N)cc3)sc2c1. The highest BCUT2D eigenvalue weighted by Crippen LogP contribution is 2.31. The van der Waals surface area contributed by atoms with Crippen LogP contribution in [-0.2, 0) is 4.79 Å². The van der Waals surface area contributed by atoms with Gasteiger partial charge in [0.15, 0.2) is 5.82 Å². The van der Waals surface area contributed by atoms with Gasteiger partial charge in [-0.05, 0) is 73.2 Å². The molecular weight excluding hydrogens is 488 g/mol. The zero-order valence-electron chi connectivity index (χ0n) is 18.0. The van der Waals surface area contributed by atoms with Crippen LogP contribution in [0.15, 0.2) is 71.9 Å². The molecule has 0 aliphatic heterocycles. The Morgan fingerprint density at radius 1 is 1.06 bits per heavy atom. The zero-order valence-corrected chi connectivity index (χ0v) is 20.4. The van der Waals surface area contributed by atoms with Crippen molar-refractivity contribution in [3.63, 3.8) is 0 Å². The number of hydrogen-bond acceptors (Lipinski definition) is 7. The number of thiazole rings is 1. The number of aromatic nitrogens is 4. The number of nitrogens with one attached hydrogen (secondary N) is 1. The molecule has 5 rings (SSSR count). The third-order valence-corrected chi connectivity index (χ3v) is 7.32. The van der Waals surface area contributed by atoms with Gasteiger partial charge >= 0.3 is 0 Å². The molecule has 0 radical (unpaired) electrons. The van der Waals surface area contributed by atoms with Crippen LogP contribution in [0.5, 0.6) is 0 Å². The van der Waals surface area contributed by atoms with Crippen molar-refractivity contribution in [2.24, 2.45) is 0 Å². The molecule has 0 fully saturated rings. The molecule has 0 unspecified atom stereocenters. The number of amides is 1. The average Bonchev–Trinajstić information content (AvgIpc) is 3.42. The summed E-state index contributed by atoms with van der Waals surface area (Å²) in [6, 6.07) is 21.1. The standard InChI is InChI=1S/C24H19ClN6OS2/c1-14-2-11-19-20(12-14)34-23(28-19)16-5-9-18(10-6-16)27-21(32)13-33-24-30-29-22(31(24)26)15-3-7-17(25)8-4-15/h2-12H,13,26H2,1H3,(H,27,32). The second-order valence-electron chi connectivity index (χ2n) is 7.59. The molecule has 7 nitrogen and oxygen atoms in total. The van der Waals surface area contributed by atoms with Crippen molar-refractivity contribution in [2.75, 3.05) is 16.9 Å². The predicted octanol–water partition coefficient (Wildman–Crippen LogP) is 5.63. The molecule has 0 aliphatic rings. The van der Waals surface area contributed by atoms with Gasteiger partial charge in [-0.25, -0.2) is 9.66 Å². The number of nitrogen functional groups attached to an aromatic ring is 1. The Hall–Kier alpha value is -3.40. The van der Waals surface area contributed by atoms with Gasteiger partial charge in [-0.15, -0.1) is 21.5 Å². The van der Waals surface area contributed by atoms with Crippen LogP contribution in [0.3, 0.4) is 0 Å². The first-order valence-corrected chi connectivity index (χ1v) is 12.5. The fraction of sp³-hybridized carbons (Fsp3) is 0.0833. The summed E-state index contributed by atoms with van der Waals surface area (Å²) in [5, 5.41) is 13.1. The van der Waals surface area contributed by atoms with E-state index in [1.165, 1.54) is 22.0 Å². The number of nitrogens with zero attached hydrogens (tertiary/aromatic N) is 4. The summed E-state index contributed by atoms with van der Waals surface area (Å²) in [6.07, 6.45) is 0. The minimum Gasteiger partial charge on any atom is -0.335 e. The number of hydrogen-bond donors (Lipinski definition) is 2. The predicted molar refractivity (Wildman–Crippen MR) is 140 cm³/mol. The van der Waals surface area contributed by atoms with E-state index in [0.29, 0.717) is 21.7 Å². The smallest absolute Gasteiger partial charge is 0.234 e. The summed E-state index contributed by atoms with van der Waals surface area (Å²) in [5.41, 5.74) is 4.72. The molecule has 1 amide bonds. The monoisotopic (exact) mass is 506 g/mol. The van der Waals surface area contributed by atoms with E-state index in [-0.39, 0.29) is 11.7 Å². The van der Waals surface area contributed by atoms with Crippen molar-refractivity contribution in [3.8, 4) is 22.0 Å². The van der Waals surface area contributed by atoms with Crippen LogP contribution in [0.25, 0.3) is 32.2 Å². The number of carbonyl (C=O) groups excluding carboxylic acids is 1. The topological polar surface area (TPSA) is 98.7 Å². The van der Waals surface area contributed by atoms with Crippen LogP contribution in [0.1, 0.15) is 5.56 Å². The number of rotatable bonds is 6. The second-order valence-corrected chi connectivity index (χ2v) is 10.00. The van der Waals surface area contributed by atoms with Gasteiger partial charge < -0.3 is 11.2 Å². The van der Waals surface area contributed by atoms with Gasteiger partial charge in [0.1, 0.15) is 5.01 Å². The summed E-state index contributed by atoms with van der Waals surface area (Å²) in [6.45, 7) is 2.07. The highest BCUT2D eigenvalue weighted by Gasteiger charge is 2.14. The molecular formula is C24H19ClN6OS2. The van der Waals surface area contributed by atoms with Gasteiger partial charge in [0.05, 0.1) is 16.0 Å². The molecule has 3 aromatic carbocycles. The molecule has 3 N–H and O–H groups in total. The largest absolute Gasteiger partial charge is 0.335 e. The first-order valence-electron chi connectivity index (χ1n) is 10.3. The molecule has 34 heavy (non-hydrogen) atoms. The maximum absolute atomic E-state index is 12.5. The molecule has 170 valence electrons. The summed E-state index contributed by atoms with van der Waals surface area (Å²) in [5.74, 6) is 6.61. The van der Waals surface area contributed by atoms with Gasteiger partial charge in [-0.1, -0.05) is 29.4 Å². The highest BCUT2D eigenvalue weighted by molar-refractivity contribution is 7.99. The minimum absolute atomic E-state index is 0.148. The lowest BCUT2D eigenvalue weighted by atomic mass is 10.2. The van der Waals surface area contributed by atoms with Crippen LogP contribution < -0.4 is 11.2 Å². The van der Waals surface area contributed by atoms with Crippen molar-refractivity contribution in [1.82, 2.24) is 19.9 Å². The number of carbonyl (C=O) groups is 1. The van der Waals surface area contributed by atoms with Gasteiger partial charge in [0.2, 0.25) is 11.1 Å². The van der Waals surface area contributed by atoms with Crippen LogP contribution >= 0.6 is 34.7 Å². The first-order chi connectivity index (χ1) is 16.5. The van der Waals surface area contributed by atoms with Gasteiger partial charge in [-0.2, -0.15) is 0 Å². The molecule has 0 aliphatic carbocycles. The average molecular weight is 507 g/mol. The summed E-state index contributed by atoms with van der Waals surface area (Å²) >= 11 is 8.80. The van der Waals surface area contributed by atoms with Crippen molar-refractivity contribution in [3.05, 3.63) is 77.3 Å². The summed E-state index contributed by atoms with van der Waals surface area (Å²) in [4.78, 5) is 17.2. The Balaban J connectivity index is 1.21. The number of anilines is 1. The quantitative estimate of drug-likeness (QED) is 0.229. The zero-order chi connectivity index (χ0) is 23.7. The van der Waals surface area contributed by atoms with Crippen LogP contribution in [0.4, 0.5) is 5.69 Å². The van der Waals surface area contributed by atoms with Crippen molar-refractivity contribution in [1.29, 1.82) is 0 Å². The van der Waals surface area contributed by atoms with E-state index >= 15 is 0 Å². The molecule has 2 heterocycles. The van der Waals surface area contributed by atoms with Crippen molar-refractivity contribution in [2.45, 2.75) is 12.1 Å². The third-order valence-electron chi connectivity index (χ3n) is 5.06. The number of thioether (sulfide) groups is 1. The Morgan fingerprint density at radius 2 is 1.79 bits per heavy atom. The first kappa shape index (κ1) is 22.4. The number of halogens is 1. The fourth-order valence-electron chi connectivity index (χ4n) is 3.35. The molecule has 0 atom stereocenters. The summed E-state index contributed by atoms with van der Waals surface area (Å²) < 4.78 is 2.53. The maximum atomic E-state index is 12.5. The van der Waals surface area contributed by atoms with Gasteiger partial charge in [0.25, 0.3) is 0 Å². The molecule has 0 saturated heterocycles. The lowest BCUT2D eigenvalue weighted by Crippen LogP contribution is -2.16.